The molecule has 0 amide bonds. The number of rotatable bonds is 3. The molecule has 0 fully saturated rings. The predicted molar refractivity (Wildman–Crippen MR) is 66.1 cm³/mol. The van der Waals surface area contributed by atoms with Crippen LogP contribution in [0.3, 0.4) is 0 Å². The van der Waals surface area contributed by atoms with Crippen LogP contribution in [-0.2, 0) is 0 Å². The number of hydrogen-bond donors (Lipinski definition) is 2. The Morgan fingerprint density at radius 2 is 2.00 bits per heavy atom. The first-order chi connectivity index (χ1) is 8.15. The molecule has 1 heterocycles. The molecule has 17 heavy (non-hydrogen) atoms. The Hall–Kier alpha value is -1.59. The number of aromatic amines is 1. The number of aliphatic hydroxyl groups is 1. The second-order valence-corrected chi connectivity index (χ2v) is 4.65. The Morgan fingerprint density at radius 3 is 2.59 bits per heavy atom. The number of H-pyrrole nitrogens is 1. The zero-order valence-electron chi connectivity index (χ0n) is 9.25. The van der Waals surface area contributed by atoms with Crippen molar-refractivity contribution in [1.29, 1.82) is 0 Å². The van der Waals surface area contributed by atoms with Crippen LogP contribution >= 0.6 is 11.8 Å². The molecule has 0 aliphatic carbocycles. The monoisotopic (exact) mass is 248 g/mol. The molecule has 0 radical (unpaired) electrons. The highest BCUT2D eigenvalue weighted by molar-refractivity contribution is 7.99. The first-order valence-corrected chi connectivity index (χ1v) is 5.98. The summed E-state index contributed by atoms with van der Waals surface area (Å²) >= 11 is 1.37. The van der Waals surface area contributed by atoms with Crippen LogP contribution < -0.4 is 5.56 Å². The molecule has 5 heteroatoms. The Balaban J connectivity index is 2.16. The van der Waals surface area contributed by atoms with Crippen molar-refractivity contribution in [3.63, 3.8) is 0 Å². The van der Waals surface area contributed by atoms with Crippen molar-refractivity contribution in [2.75, 3.05) is 0 Å². The fourth-order valence-corrected chi connectivity index (χ4v) is 2.09. The number of benzene rings is 1. The van der Waals surface area contributed by atoms with Gasteiger partial charge in [0.1, 0.15) is 0 Å². The van der Waals surface area contributed by atoms with Crippen LogP contribution in [0.15, 0.2) is 51.4 Å². The van der Waals surface area contributed by atoms with Crippen LogP contribution in [0.2, 0.25) is 0 Å². The average Bonchev–Trinajstić information content (AvgIpc) is 2.29. The summed E-state index contributed by atoms with van der Waals surface area (Å²) in [6, 6.07) is 8.86. The van der Waals surface area contributed by atoms with Gasteiger partial charge in [0.15, 0.2) is 5.16 Å². The van der Waals surface area contributed by atoms with E-state index in [1.807, 2.05) is 24.3 Å². The number of nitrogens with one attached hydrogen (secondary N) is 1. The van der Waals surface area contributed by atoms with Crippen molar-refractivity contribution < 1.29 is 5.11 Å². The summed E-state index contributed by atoms with van der Waals surface area (Å²) in [7, 11) is 0. The number of aliphatic hydroxyl groups excluding tert-OH is 1. The second kappa shape index (κ2) is 5.16. The van der Waals surface area contributed by atoms with Crippen molar-refractivity contribution in [3.8, 4) is 0 Å². The summed E-state index contributed by atoms with van der Waals surface area (Å²) in [5.74, 6) is 0. The third-order valence-corrected chi connectivity index (χ3v) is 3.13. The minimum atomic E-state index is -0.469. The van der Waals surface area contributed by atoms with Gasteiger partial charge in [-0.1, -0.05) is 23.9 Å². The van der Waals surface area contributed by atoms with Gasteiger partial charge in [0.25, 0.3) is 5.56 Å². The summed E-state index contributed by atoms with van der Waals surface area (Å²) in [6.07, 6.45) is 1.01. The SMILES string of the molecule is C[C@H](O)c1ccc(Sc2nccc(=O)[nH]2)cc1. The fourth-order valence-electron chi connectivity index (χ4n) is 1.33. The molecule has 0 saturated heterocycles. The molecular formula is C12H12N2O2S. The summed E-state index contributed by atoms with van der Waals surface area (Å²) in [4.78, 5) is 18.7. The third kappa shape index (κ3) is 3.18. The second-order valence-electron chi connectivity index (χ2n) is 3.59. The van der Waals surface area contributed by atoms with Gasteiger partial charge < -0.3 is 10.1 Å². The lowest BCUT2D eigenvalue weighted by Crippen LogP contribution is -2.04. The van der Waals surface area contributed by atoms with Gasteiger partial charge in [-0.3, -0.25) is 4.79 Å². The van der Waals surface area contributed by atoms with Crippen LogP contribution in [-0.4, -0.2) is 15.1 Å². The minimum Gasteiger partial charge on any atom is -0.389 e. The molecule has 0 aliphatic rings. The van der Waals surface area contributed by atoms with Gasteiger partial charge in [0, 0.05) is 17.2 Å². The van der Waals surface area contributed by atoms with Crippen molar-refractivity contribution in [2.45, 2.75) is 23.1 Å². The molecule has 1 aromatic carbocycles. The highest BCUT2D eigenvalue weighted by atomic mass is 32.2. The van der Waals surface area contributed by atoms with E-state index in [9.17, 15) is 9.90 Å². The quantitative estimate of drug-likeness (QED) is 0.815. The van der Waals surface area contributed by atoms with Crippen LogP contribution in [0, 0.1) is 0 Å². The Labute approximate surface area is 103 Å². The Bertz CT molecular complexity index is 549. The molecule has 0 bridgehead atoms. The summed E-state index contributed by atoms with van der Waals surface area (Å²) in [5, 5.41) is 9.93. The van der Waals surface area contributed by atoms with Gasteiger partial charge in [-0.15, -0.1) is 0 Å². The maximum Gasteiger partial charge on any atom is 0.251 e. The summed E-state index contributed by atoms with van der Waals surface area (Å²) < 4.78 is 0. The maximum absolute atomic E-state index is 11.1. The Kier molecular flexibility index (Phi) is 3.61. The average molecular weight is 248 g/mol. The van der Waals surface area contributed by atoms with Gasteiger partial charge in [-0.25, -0.2) is 4.98 Å². The zero-order chi connectivity index (χ0) is 12.3. The first-order valence-electron chi connectivity index (χ1n) is 5.16. The van der Waals surface area contributed by atoms with E-state index in [4.69, 9.17) is 0 Å². The van der Waals surface area contributed by atoms with E-state index >= 15 is 0 Å². The smallest absolute Gasteiger partial charge is 0.251 e. The van der Waals surface area contributed by atoms with Crippen molar-refractivity contribution in [2.24, 2.45) is 0 Å². The highest BCUT2D eigenvalue weighted by Gasteiger charge is 2.02. The molecule has 2 N–H and O–H groups in total. The molecule has 2 aromatic rings. The molecule has 2 rings (SSSR count). The highest BCUT2D eigenvalue weighted by Crippen LogP contribution is 2.24. The van der Waals surface area contributed by atoms with E-state index < -0.39 is 6.10 Å². The van der Waals surface area contributed by atoms with Crippen LogP contribution in [0.25, 0.3) is 0 Å². The number of hydrogen-bond acceptors (Lipinski definition) is 4. The van der Waals surface area contributed by atoms with Crippen molar-refractivity contribution in [3.05, 3.63) is 52.4 Å². The molecular weight excluding hydrogens is 236 g/mol. The van der Waals surface area contributed by atoms with Crippen LogP contribution in [0.4, 0.5) is 0 Å². The topological polar surface area (TPSA) is 66.0 Å². The Morgan fingerprint density at radius 1 is 1.29 bits per heavy atom. The van der Waals surface area contributed by atoms with Crippen LogP contribution in [0.1, 0.15) is 18.6 Å². The normalized spacial score (nSPS) is 12.4. The molecule has 4 nitrogen and oxygen atoms in total. The van der Waals surface area contributed by atoms with Crippen molar-refractivity contribution >= 4 is 11.8 Å². The lowest BCUT2D eigenvalue weighted by atomic mass is 10.1. The third-order valence-electron chi connectivity index (χ3n) is 2.22. The largest absolute Gasteiger partial charge is 0.389 e. The van der Waals surface area contributed by atoms with E-state index in [2.05, 4.69) is 9.97 Å². The standard InChI is InChI=1S/C12H12N2O2S/c1-8(15)9-2-4-10(5-3-9)17-12-13-7-6-11(16)14-12/h2-8,15H,1H3,(H,13,14,16)/t8-/m0/s1. The van der Waals surface area contributed by atoms with E-state index in [-0.39, 0.29) is 5.56 Å². The lowest BCUT2D eigenvalue weighted by Gasteiger charge is -2.05. The maximum atomic E-state index is 11.1. The molecule has 88 valence electrons. The molecule has 0 spiro atoms. The van der Waals surface area contributed by atoms with E-state index in [0.29, 0.717) is 5.16 Å². The number of aromatic nitrogens is 2. The van der Waals surface area contributed by atoms with Gasteiger partial charge in [-0.2, -0.15) is 0 Å². The van der Waals surface area contributed by atoms with E-state index in [1.165, 1.54) is 24.0 Å². The van der Waals surface area contributed by atoms with E-state index in [1.54, 1.807) is 6.92 Å². The van der Waals surface area contributed by atoms with Gasteiger partial charge in [0.05, 0.1) is 6.10 Å². The number of nitrogens with zero attached hydrogens (tertiary/aromatic N) is 1. The first kappa shape index (κ1) is 11.9. The minimum absolute atomic E-state index is 0.164. The summed E-state index contributed by atoms with van der Waals surface area (Å²) in [6.45, 7) is 1.72. The van der Waals surface area contributed by atoms with Gasteiger partial charge in [0.2, 0.25) is 0 Å². The van der Waals surface area contributed by atoms with Gasteiger partial charge in [-0.05, 0) is 24.6 Å². The zero-order valence-corrected chi connectivity index (χ0v) is 10.1. The molecule has 1 aromatic heterocycles. The van der Waals surface area contributed by atoms with Gasteiger partial charge >= 0.3 is 0 Å². The molecule has 0 saturated carbocycles. The molecule has 1 atom stereocenters. The predicted octanol–water partition coefficient (Wildman–Crippen LogP) is 1.97. The fraction of sp³-hybridized carbons (Fsp3) is 0.167. The van der Waals surface area contributed by atoms with Crippen molar-refractivity contribution in [1.82, 2.24) is 9.97 Å². The van der Waals surface area contributed by atoms with E-state index in [0.717, 1.165) is 10.5 Å². The summed E-state index contributed by atoms with van der Waals surface area (Å²) in [5.41, 5.74) is 0.701. The molecule has 0 unspecified atom stereocenters. The lowest BCUT2D eigenvalue weighted by molar-refractivity contribution is 0.199. The van der Waals surface area contributed by atoms with Crippen LogP contribution in [0.5, 0.6) is 0 Å². The molecule has 0 aliphatic heterocycles.